The highest BCUT2D eigenvalue weighted by Gasteiger charge is 2.11. The molecule has 0 amide bonds. The first kappa shape index (κ1) is 10.9. The molecule has 0 aliphatic heterocycles. The van der Waals surface area contributed by atoms with Crippen LogP contribution in [0.5, 0.6) is 0 Å². The van der Waals surface area contributed by atoms with E-state index in [2.05, 4.69) is 4.99 Å². The average molecular weight is 203 g/mol. The summed E-state index contributed by atoms with van der Waals surface area (Å²) in [6.45, 7) is 1.60. The lowest BCUT2D eigenvalue weighted by Gasteiger charge is -2.02. The van der Waals surface area contributed by atoms with Gasteiger partial charge in [0.05, 0.1) is 0 Å². The molecule has 0 aliphatic rings. The minimum Gasteiger partial charge on any atom is -0.476 e. The molecule has 1 rings (SSSR count). The number of benzene rings is 1. The van der Waals surface area contributed by atoms with Crippen LogP contribution in [0.15, 0.2) is 41.0 Å². The Kier molecular flexibility index (Phi) is 3.55. The molecule has 0 aliphatic carbocycles. The standard InChI is InChI=1S/C11H9NO3/c1-8(9-5-3-2-4-6-9)10(11(14)15)12-7-13/h2-6H,1H3,(H,14,15)/b10-8-. The predicted octanol–water partition coefficient (Wildman–Crippen LogP) is 1.84. The van der Waals surface area contributed by atoms with Crippen molar-refractivity contribution < 1.29 is 14.7 Å². The molecule has 0 fully saturated rings. The molecule has 0 saturated carbocycles. The molecule has 76 valence electrons. The summed E-state index contributed by atoms with van der Waals surface area (Å²) < 4.78 is 0. The van der Waals surface area contributed by atoms with E-state index in [0.717, 1.165) is 0 Å². The lowest BCUT2D eigenvalue weighted by atomic mass is 10.1. The van der Waals surface area contributed by atoms with Crippen molar-refractivity contribution in [3.05, 3.63) is 41.6 Å². The molecule has 0 heterocycles. The van der Waals surface area contributed by atoms with Crippen molar-refractivity contribution >= 4 is 17.6 Å². The summed E-state index contributed by atoms with van der Waals surface area (Å²) in [7, 11) is 0. The maximum Gasteiger partial charge on any atom is 0.355 e. The van der Waals surface area contributed by atoms with Crippen LogP contribution in [0.25, 0.3) is 5.57 Å². The normalized spacial score (nSPS) is 11.3. The number of allylic oxidation sites excluding steroid dienone is 1. The van der Waals surface area contributed by atoms with Crippen LogP contribution in [-0.4, -0.2) is 17.2 Å². The van der Waals surface area contributed by atoms with Crippen molar-refractivity contribution in [1.29, 1.82) is 0 Å². The summed E-state index contributed by atoms with van der Waals surface area (Å²) in [5.74, 6) is -1.24. The fourth-order valence-corrected chi connectivity index (χ4v) is 1.16. The third-order valence-corrected chi connectivity index (χ3v) is 1.92. The van der Waals surface area contributed by atoms with Gasteiger partial charge in [0.1, 0.15) is 0 Å². The summed E-state index contributed by atoms with van der Waals surface area (Å²) in [5, 5.41) is 8.81. The largest absolute Gasteiger partial charge is 0.476 e. The van der Waals surface area contributed by atoms with Crippen LogP contribution in [0.4, 0.5) is 0 Å². The number of carboxylic acids is 1. The minimum absolute atomic E-state index is 0.281. The molecule has 0 aromatic heterocycles. The maximum absolute atomic E-state index is 10.8. The summed E-state index contributed by atoms with van der Waals surface area (Å²) in [4.78, 5) is 24.0. The molecule has 4 nitrogen and oxygen atoms in total. The summed E-state index contributed by atoms with van der Waals surface area (Å²) in [6.07, 6.45) is 1.24. The molecule has 1 aromatic rings. The lowest BCUT2D eigenvalue weighted by Crippen LogP contribution is -2.00. The summed E-state index contributed by atoms with van der Waals surface area (Å²) in [5.41, 5.74) is 0.872. The van der Waals surface area contributed by atoms with Gasteiger partial charge >= 0.3 is 5.97 Å². The maximum atomic E-state index is 10.8. The van der Waals surface area contributed by atoms with Crippen molar-refractivity contribution in [1.82, 2.24) is 0 Å². The van der Waals surface area contributed by atoms with Gasteiger partial charge in [-0.1, -0.05) is 30.3 Å². The quantitative estimate of drug-likeness (QED) is 0.463. The molecule has 1 aromatic carbocycles. The summed E-state index contributed by atoms with van der Waals surface area (Å²) >= 11 is 0. The zero-order chi connectivity index (χ0) is 11.3. The van der Waals surface area contributed by atoms with Gasteiger partial charge in [-0.15, -0.1) is 0 Å². The summed E-state index contributed by atoms with van der Waals surface area (Å²) in [6, 6.07) is 8.88. The van der Waals surface area contributed by atoms with Crippen LogP contribution >= 0.6 is 0 Å². The van der Waals surface area contributed by atoms with E-state index >= 15 is 0 Å². The van der Waals surface area contributed by atoms with E-state index in [0.29, 0.717) is 11.1 Å². The number of carbonyl (C=O) groups excluding carboxylic acids is 1. The van der Waals surface area contributed by atoms with Gasteiger partial charge in [-0.25, -0.2) is 9.59 Å². The van der Waals surface area contributed by atoms with Gasteiger partial charge < -0.3 is 5.11 Å². The van der Waals surface area contributed by atoms with E-state index < -0.39 is 5.97 Å². The third-order valence-electron chi connectivity index (χ3n) is 1.92. The SMILES string of the molecule is C/C(=C(/N=C=O)C(=O)O)c1ccccc1. The minimum atomic E-state index is -1.24. The Balaban J connectivity index is 3.28. The molecular weight excluding hydrogens is 194 g/mol. The van der Waals surface area contributed by atoms with Crippen LogP contribution in [0.3, 0.4) is 0 Å². The van der Waals surface area contributed by atoms with E-state index in [1.165, 1.54) is 6.08 Å². The van der Waals surface area contributed by atoms with Gasteiger partial charge in [-0.2, -0.15) is 4.99 Å². The van der Waals surface area contributed by atoms with Crippen molar-refractivity contribution in [2.24, 2.45) is 4.99 Å². The number of carbonyl (C=O) groups is 1. The number of hydrogen-bond donors (Lipinski definition) is 1. The van der Waals surface area contributed by atoms with Gasteiger partial charge in [0.15, 0.2) is 5.70 Å². The average Bonchev–Trinajstić information content (AvgIpc) is 2.26. The molecular formula is C11H9NO3. The Morgan fingerprint density at radius 1 is 1.33 bits per heavy atom. The topological polar surface area (TPSA) is 66.7 Å². The van der Waals surface area contributed by atoms with E-state index in [1.54, 1.807) is 31.2 Å². The lowest BCUT2D eigenvalue weighted by molar-refractivity contribution is -0.132. The van der Waals surface area contributed by atoms with Gasteiger partial charge in [-0.05, 0) is 18.1 Å². The molecule has 4 heteroatoms. The molecule has 0 atom stereocenters. The number of isocyanates is 1. The second kappa shape index (κ2) is 4.88. The highest BCUT2D eigenvalue weighted by molar-refractivity contribution is 5.96. The Morgan fingerprint density at radius 3 is 2.40 bits per heavy atom. The zero-order valence-corrected chi connectivity index (χ0v) is 8.10. The Labute approximate surface area is 86.6 Å². The van der Waals surface area contributed by atoms with Crippen LogP contribution in [0, 0.1) is 0 Å². The molecule has 1 N–H and O–H groups in total. The first-order valence-corrected chi connectivity index (χ1v) is 4.24. The van der Waals surface area contributed by atoms with E-state index in [9.17, 15) is 9.59 Å². The first-order chi connectivity index (χ1) is 7.16. The number of rotatable bonds is 3. The number of hydrogen-bond acceptors (Lipinski definition) is 3. The van der Waals surface area contributed by atoms with Crippen molar-refractivity contribution in [3.63, 3.8) is 0 Å². The fraction of sp³-hybridized carbons (Fsp3) is 0.0909. The van der Waals surface area contributed by atoms with Crippen LogP contribution in [0.1, 0.15) is 12.5 Å². The van der Waals surface area contributed by atoms with Crippen molar-refractivity contribution in [2.75, 3.05) is 0 Å². The van der Waals surface area contributed by atoms with Crippen molar-refractivity contribution in [3.8, 4) is 0 Å². The molecule has 0 radical (unpaired) electrons. The second-order valence-corrected chi connectivity index (χ2v) is 2.85. The van der Waals surface area contributed by atoms with E-state index in [1.807, 2.05) is 6.07 Å². The first-order valence-electron chi connectivity index (χ1n) is 4.24. The molecule has 0 spiro atoms. The molecule has 15 heavy (non-hydrogen) atoms. The van der Waals surface area contributed by atoms with E-state index in [4.69, 9.17) is 5.11 Å². The van der Waals surface area contributed by atoms with Gasteiger partial charge in [0, 0.05) is 0 Å². The third kappa shape index (κ3) is 2.62. The van der Waals surface area contributed by atoms with Crippen LogP contribution in [0.2, 0.25) is 0 Å². The number of aliphatic carboxylic acids is 1. The number of carboxylic acid groups (broad SMARTS) is 1. The molecule has 0 unspecified atom stereocenters. The second-order valence-electron chi connectivity index (χ2n) is 2.85. The van der Waals surface area contributed by atoms with Gasteiger partial charge in [-0.3, -0.25) is 0 Å². The predicted molar refractivity (Wildman–Crippen MR) is 54.8 cm³/mol. The highest BCUT2D eigenvalue weighted by atomic mass is 16.4. The van der Waals surface area contributed by atoms with Crippen molar-refractivity contribution in [2.45, 2.75) is 6.92 Å². The highest BCUT2D eigenvalue weighted by Crippen LogP contribution is 2.18. The monoisotopic (exact) mass is 203 g/mol. The fourth-order valence-electron chi connectivity index (χ4n) is 1.16. The van der Waals surface area contributed by atoms with Gasteiger partial charge in [0.25, 0.3) is 0 Å². The number of aliphatic imine (C=N–C) groups is 1. The Bertz CT molecular complexity index is 438. The Morgan fingerprint density at radius 2 is 1.93 bits per heavy atom. The zero-order valence-electron chi connectivity index (χ0n) is 8.10. The van der Waals surface area contributed by atoms with Crippen LogP contribution < -0.4 is 0 Å². The smallest absolute Gasteiger partial charge is 0.355 e. The van der Waals surface area contributed by atoms with Crippen LogP contribution in [-0.2, 0) is 9.59 Å². The molecule has 0 saturated heterocycles. The van der Waals surface area contributed by atoms with Gasteiger partial charge in [0.2, 0.25) is 6.08 Å². The van der Waals surface area contributed by atoms with E-state index in [-0.39, 0.29) is 5.70 Å². The number of nitrogens with zero attached hydrogens (tertiary/aromatic N) is 1. The Hall–Kier alpha value is -2.19. The molecule has 0 bridgehead atoms.